The number of rotatable bonds is 6. The van der Waals surface area contributed by atoms with Crippen LogP contribution in [0.15, 0.2) is 53.0 Å². The Morgan fingerprint density at radius 1 is 1.15 bits per heavy atom. The van der Waals surface area contributed by atoms with Crippen molar-refractivity contribution in [2.45, 2.75) is 20.0 Å². The van der Waals surface area contributed by atoms with Gasteiger partial charge < -0.3 is 10.1 Å². The predicted molar refractivity (Wildman–Crippen MR) is 87.2 cm³/mol. The first kappa shape index (κ1) is 15.1. The maximum atomic E-state index is 6.21. The first-order valence-electron chi connectivity index (χ1n) is 6.89. The zero-order valence-corrected chi connectivity index (χ0v) is 13.5. The van der Waals surface area contributed by atoms with Crippen LogP contribution in [-0.2, 0) is 0 Å². The van der Waals surface area contributed by atoms with Gasteiger partial charge in [-0.15, -0.1) is 0 Å². The lowest BCUT2D eigenvalue weighted by atomic mass is 10.1. The second kappa shape index (κ2) is 7.46. The van der Waals surface area contributed by atoms with E-state index in [0.717, 1.165) is 28.9 Å². The van der Waals surface area contributed by atoms with E-state index in [0.29, 0.717) is 0 Å². The fraction of sp³-hybridized carbons (Fsp3) is 0.294. The summed E-state index contributed by atoms with van der Waals surface area (Å²) in [5.74, 6) is 0.931. The second-order valence-corrected chi connectivity index (χ2v) is 5.65. The lowest BCUT2D eigenvalue weighted by molar-refractivity contribution is 0.201. The van der Waals surface area contributed by atoms with Gasteiger partial charge in [0.1, 0.15) is 11.9 Å². The molecule has 0 radical (unpaired) electrons. The highest BCUT2D eigenvalue weighted by molar-refractivity contribution is 9.10. The Morgan fingerprint density at radius 2 is 1.90 bits per heavy atom. The fourth-order valence-corrected chi connectivity index (χ4v) is 2.54. The third-order valence-electron chi connectivity index (χ3n) is 3.16. The molecule has 0 aliphatic heterocycles. The van der Waals surface area contributed by atoms with Crippen LogP contribution in [0, 0.1) is 6.92 Å². The fourth-order valence-electron chi connectivity index (χ4n) is 2.07. The second-order valence-electron chi connectivity index (χ2n) is 4.73. The average Bonchev–Trinajstić information content (AvgIpc) is 2.46. The van der Waals surface area contributed by atoms with Crippen LogP contribution in [0.1, 0.15) is 24.2 Å². The number of halogens is 1. The number of benzene rings is 2. The molecule has 20 heavy (non-hydrogen) atoms. The van der Waals surface area contributed by atoms with Gasteiger partial charge in [-0.2, -0.15) is 0 Å². The molecule has 2 nitrogen and oxygen atoms in total. The van der Waals surface area contributed by atoms with Crippen molar-refractivity contribution < 1.29 is 4.74 Å². The Bertz CT molecular complexity index is 542. The summed E-state index contributed by atoms with van der Waals surface area (Å²) >= 11 is 3.48. The minimum Gasteiger partial charge on any atom is -0.484 e. The van der Waals surface area contributed by atoms with E-state index in [1.807, 2.05) is 30.3 Å². The zero-order chi connectivity index (χ0) is 14.4. The monoisotopic (exact) mass is 333 g/mol. The van der Waals surface area contributed by atoms with Crippen LogP contribution in [0.3, 0.4) is 0 Å². The SMILES string of the molecule is CCNCC(Oc1ccc(Br)cc1C)c1ccccc1. The third-order valence-corrected chi connectivity index (χ3v) is 3.65. The molecule has 0 saturated carbocycles. The van der Waals surface area contributed by atoms with Crippen molar-refractivity contribution in [3.63, 3.8) is 0 Å². The lowest BCUT2D eigenvalue weighted by Gasteiger charge is -2.21. The first-order valence-corrected chi connectivity index (χ1v) is 7.68. The molecule has 0 aliphatic rings. The van der Waals surface area contributed by atoms with E-state index < -0.39 is 0 Å². The van der Waals surface area contributed by atoms with E-state index in [4.69, 9.17) is 4.74 Å². The quantitative estimate of drug-likeness (QED) is 0.841. The Morgan fingerprint density at radius 3 is 2.55 bits per heavy atom. The smallest absolute Gasteiger partial charge is 0.136 e. The predicted octanol–water partition coefficient (Wildman–Crippen LogP) is 4.49. The normalized spacial score (nSPS) is 12.2. The summed E-state index contributed by atoms with van der Waals surface area (Å²) < 4.78 is 7.28. The summed E-state index contributed by atoms with van der Waals surface area (Å²) in [6, 6.07) is 16.4. The van der Waals surface area contributed by atoms with Crippen molar-refractivity contribution in [3.8, 4) is 5.75 Å². The topological polar surface area (TPSA) is 21.3 Å². The largest absolute Gasteiger partial charge is 0.484 e. The molecule has 0 fully saturated rings. The van der Waals surface area contributed by atoms with E-state index >= 15 is 0 Å². The molecule has 1 atom stereocenters. The van der Waals surface area contributed by atoms with Gasteiger partial charge in [-0.1, -0.05) is 53.2 Å². The van der Waals surface area contributed by atoms with Crippen LogP contribution in [0.4, 0.5) is 0 Å². The van der Waals surface area contributed by atoms with Crippen molar-refractivity contribution in [2.24, 2.45) is 0 Å². The molecule has 0 aromatic heterocycles. The van der Waals surface area contributed by atoms with E-state index in [2.05, 4.69) is 53.3 Å². The highest BCUT2D eigenvalue weighted by Crippen LogP contribution is 2.27. The molecule has 106 valence electrons. The summed E-state index contributed by atoms with van der Waals surface area (Å²) in [5, 5.41) is 3.36. The van der Waals surface area contributed by atoms with Crippen LogP contribution in [0.5, 0.6) is 5.75 Å². The molecule has 0 bridgehead atoms. The maximum absolute atomic E-state index is 6.21. The molecule has 0 amide bonds. The third kappa shape index (κ3) is 4.09. The number of likely N-dealkylation sites (N-methyl/N-ethyl adjacent to an activating group) is 1. The number of nitrogens with one attached hydrogen (secondary N) is 1. The molecular formula is C17H20BrNO. The molecule has 0 heterocycles. The summed E-state index contributed by atoms with van der Waals surface area (Å²) in [6.07, 6.45) is 0.0241. The molecular weight excluding hydrogens is 314 g/mol. The van der Waals surface area contributed by atoms with Gasteiger partial charge in [-0.25, -0.2) is 0 Å². The van der Waals surface area contributed by atoms with Crippen molar-refractivity contribution in [1.82, 2.24) is 5.32 Å². The molecule has 3 heteroatoms. The Labute approximate surface area is 129 Å². The summed E-state index contributed by atoms with van der Waals surface area (Å²) in [7, 11) is 0. The van der Waals surface area contributed by atoms with Gasteiger partial charge in [-0.3, -0.25) is 0 Å². The van der Waals surface area contributed by atoms with Gasteiger partial charge in [0.15, 0.2) is 0 Å². The van der Waals surface area contributed by atoms with Crippen LogP contribution >= 0.6 is 15.9 Å². The summed E-state index contributed by atoms with van der Waals surface area (Å²) in [5.41, 5.74) is 2.33. The minimum atomic E-state index is 0.0241. The Kier molecular flexibility index (Phi) is 5.62. The van der Waals surface area contributed by atoms with Crippen molar-refractivity contribution in [3.05, 3.63) is 64.1 Å². The van der Waals surface area contributed by atoms with Crippen LogP contribution in [0.25, 0.3) is 0 Å². The van der Waals surface area contributed by atoms with Gasteiger partial charge in [0, 0.05) is 11.0 Å². The van der Waals surface area contributed by atoms with Gasteiger partial charge in [0.2, 0.25) is 0 Å². The van der Waals surface area contributed by atoms with Crippen LogP contribution < -0.4 is 10.1 Å². The lowest BCUT2D eigenvalue weighted by Crippen LogP contribution is -2.25. The van der Waals surface area contributed by atoms with Gasteiger partial charge in [0.25, 0.3) is 0 Å². The van der Waals surface area contributed by atoms with E-state index in [-0.39, 0.29) is 6.10 Å². The van der Waals surface area contributed by atoms with E-state index in [9.17, 15) is 0 Å². The molecule has 1 N–H and O–H groups in total. The zero-order valence-electron chi connectivity index (χ0n) is 11.9. The first-order chi connectivity index (χ1) is 9.70. The molecule has 0 aliphatic carbocycles. The molecule has 0 spiro atoms. The maximum Gasteiger partial charge on any atom is 0.136 e. The van der Waals surface area contributed by atoms with E-state index in [1.165, 1.54) is 5.56 Å². The number of hydrogen-bond acceptors (Lipinski definition) is 2. The van der Waals surface area contributed by atoms with Crippen molar-refractivity contribution in [2.75, 3.05) is 13.1 Å². The Balaban J connectivity index is 2.19. The molecule has 1 unspecified atom stereocenters. The standard InChI is InChI=1S/C17H20BrNO/c1-3-19-12-17(14-7-5-4-6-8-14)20-16-10-9-15(18)11-13(16)2/h4-11,17,19H,3,12H2,1-2H3. The molecule has 0 saturated heterocycles. The number of aryl methyl sites for hydroxylation is 1. The van der Waals surface area contributed by atoms with Gasteiger partial charge in [0.05, 0.1) is 0 Å². The molecule has 2 aromatic carbocycles. The van der Waals surface area contributed by atoms with Gasteiger partial charge >= 0.3 is 0 Å². The van der Waals surface area contributed by atoms with E-state index in [1.54, 1.807) is 0 Å². The highest BCUT2D eigenvalue weighted by Gasteiger charge is 2.13. The highest BCUT2D eigenvalue weighted by atomic mass is 79.9. The average molecular weight is 334 g/mol. The summed E-state index contributed by atoms with van der Waals surface area (Å²) in [4.78, 5) is 0. The van der Waals surface area contributed by atoms with Crippen molar-refractivity contribution >= 4 is 15.9 Å². The van der Waals surface area contributed by atoms with Crippen LogP contribution in [0.2, 0.25) is 0 Å². The number of ether oxygens (including phenoxy) is 1. The minimum absolute atomic E-state index is 0.0241. The van der Waals surface area contributed by atoms with Crippen molar-refractivity contribution in [1.29, 1.82) is 0 Å². The molecule has 2 aromatic rings. The van der Waals surface area contributed by atoms with Crippen LogP contribution in [-0.4, -0.2) is 13.1 Å². The number of hydrogen-bond donors (Lipinski definition) is 1. The Hall–Kier alpha value is -1.32. The molecule has 2 rings (SSSR count). The summed E-state index contributed by atoms with van der Waals surface area (Å²) in [6.45, 7) is 5.91. The van der Waals surface area contributed by atoms with Gasteiger partial charge in [-0.05, 0) is 42.8 Å².